The SMILES string of the molecule is CCN(CC(=O)O)C1CC(NC(=O)N(CCc2ccccc2)C2CCOC2)C1. The topological polar surface area (TPSA) is 82.1 Å². The minimum atomic E-state index is -0.803. The van der Waals surface area contributed by atoms with E-state index in [9.17, 15) is 9.59 Å². The Morgan fingerprint density at radius 3 is 2.57 bits per heavy atom. The summed E-state index contributed by atoms with van der Waals surface area (Å²) in [6.45, 7) is 4.70. The van der Waals surface area contributed by atoms with Crippen LogP contribution in [-0.4, -0.2) is 77.9 Å². The molecule has 7 nitrogen and oxygen atoms in total. The van der Waals surface area contributed by atoms with Crippen molar-refractivity contribution in [3.05, 3.63) is 35.9 Å². The zero-order chi connectivity index (χ0) is 19.9. The van der Waals surface area contributed by atoms with Crippen LogP contribution < -0.4 is 5.32 Å². The van der Waals surface area contributed by atoms with Gasteiger partial charge >= 0.3 is 12.0 Å². The summed E-state index contributed by atoms with van der Waals surface area (Å²) in [4.78, 5) is 27.8. The highest BCUT2D eigenvalue weighted by Crippen LogP contribution is 2.26. The van der Waals surface area contributed by atoms with Gasteiger partial charge in [0.1, 0.15) is 0 Å². The normalized spacial score (nSPS) is 24.0. The second-order valence-corrected chi connectivity index (χ2v) is 7.67. The average Bonchev–Trinajstić information content (AvgIpc) is 3.18. The summed E-state index contributed by atoms with van der Waals surface area (Å²) >= 11 is 0. The molecule has 28 heavy (non-hydrogen) atoms. The fourth-order valence-corrected chi connectivity index (χ4v) is 4.05. The Morgan fingerprint density at radius 1 is 1.21 bits per heavy atom. The number of rotatable bonds is 9. The first-order chi connectivity index (χ1) is 13.6. The number of likely N-dealkylation sites (N-methyl/N-ethyl adjacent to an activating group) is 1. The Hall–Kier alpha value is -2.12. The summed E-state index contributed by atoms with van der Waals surface area (Å²) in [5, 5.41) is 12.2. The van der Waals surface area contributed by atoms with Crippen LogP contribution in [0.5, 0.6) is 0 Å². The van der Waals surface area contributed by atoms with E-state index < -0.39 is 5.97 Å². The van der Waals surface area contributed by atoms with E-state index in [2.05, 4.69) is 17.4 Å². The summed E-state index contributed by atoms with van der Waals surface area (Å²) in [5.41, 5.74) is 1.22. The van der Waals surface area contributed by atoms with Gasteiger partial charge in [-0.3, -0.25) is 9.69 Å². The number of amides is 2. The van der Waals surface area contributed by atoms with E-state index in [4.69, 9.17) is 9.84 Å². The first kappa shape index (κ1) is 20.6. The van der Waals surface area contributed by atoms with Crippen LogP contribution in [0.3, 0.4) is 0 Å². The molecule has 1 heterocycles. The van der Waals surface area contributed by atoms with Crippen molar-refractivity contribution in [1.82, 2.24) is 15.1 Å². The van der Waals surface area contributed by atoms with Crippen molar-refractivity contribution in [3.8, 4) is 0 Å². The van der Waals surface area contributed by atoms with Gasteiger partial charge in [0, 0.05) is 25.2 Å². The molecule has 1 atom stereocenters. The lowest BCUT2D eigenvalue weighted by Crippen LogP contribution is -2.58. The molecule has 1 unspecified atom stereocenters. The number of nitrogens with zero attached hydrogens (tertiary/aromatic N) is 2. The Bertz CT molecular complexity index is 642. The molecule has 0 radical (unpaired) electrons. The molecule has 0 aromatic heterocycles. The highest BCUT2D eigenvalue weighted by atomic mass is 16.5. The van der Waals surface area contributed by atoms with Crippen molar-refractivity contribution >= 4 is 12.0 Å². The van der Waals surface area contributed by atoms with E-state index in [0.717, 1.165) is 25.7 Å². The number of benzene rings is 1. The van der Waals surface area contributed by atoms with Gasteiger partial charge in [0.05, 0.1) is 19.2 Å². The minimum Gasteiger partial charge on any atom is -0.480 e. The summed E-state index contributed by atoms with van der Waals surface area (Å²) < 4.78 is 5.50. The first-order valence-electron chi connectivity index (χ1n) is 10.2. The van der Waals surface area contributed by atoms with Gasteiger partial charge in [-0.2, -0.15) is 0 Å². The number of nitrogens with one attached hydrogen (secondary N) is 1. The van der Waals surface area contributed by atoms with Crippen molar-refractivity contribution in [3.63, 3.8) is 0 Å². The molecular formula is C21H31N3O4. The van der Waals surface area contributed by atoms with Crippen LogP contribution in [-0.2, 0) is 16.0 Å². The average molecular weight is 389 g/mol. The van der Waals surface area contributed by atoms with Crippen LogP contribution in [0, 0.1) is 0 Å². The van der Waals surface area contributed by atoms with Crippen LogP contribution in [0.15, 0.2) is 30.3 Å². The van der Waals surface area contributed by atoms with Crippen LogP contribution in [0.4, 0.5) is 4.79 Å². The molecule has 1 saturated carbocycles. The second-order valence-electron chi connectivity index (χ2n) is 7.67. The smallest absolute Gasteiger partial charge is 0.317 e. The minimum absolute atomic E-state index is 0.0313. The van der Waals surface area contributed by atoms with Gasteiger partial charge in [-0.25, -0.2) is 4.79 Å². The second kappa shape index (κ2) is 9.89. The molecule has 1 saturated heterocycles. The lowest BCUT2D eigenvalue weighted by Gasteiger charge is -2.43. The van der Waals surface area contributed by atoms with Gasteiger partial charge in [-0.1, -0.05) is 37.3 Å². The molecule has 3 rings (SSSR count). The highest BCUT2D eigenvalue weighted by molar-refractivity contribution is 5.75. The number of carboxylic acids is 1. The Labute approximate surface area is 166 Å². The molecule has 2 N–H and O–H groups in total. The zero-order valence-electron chi connectivity index (χ0n) is 16.5. The van der Waals surface area contributed by atoms with Crippen molar-refractivity contribution in [2.75, 3.05) is 32.8 Å². The van der Waals surface area contributed by atoms with Crippen LogP contribution in [0.2, 0.25) is 0 Å². The van der Waals surface area contributed by atoms with Gasteiger partial charge < -0.3 is 20.1 Å². The van der Waals surface area contributed by atoms with Gasteiger partial charge in [-0.15, -0.1) is 0 Å². The molecule has 1 aliphatic heterocycles. The number of carboxylic acid groups (broad SMARTS) is 1. The molecular weight excluding hydrogens is 358 g/mol. The highest BCUT2D eigenvalue weighted by Gasteiger charge is 2.36. The lowest BCUT2D eigenvalue weighted by molar-refractivity contribution is -0.139. The van der Waals surface area contributed by atoms with Gasteiger partial charge in [-0.05, 0) is 37.8 Å². The largest absolute Gasteiger partial charge is 0.480 e. The summed E-state index contributed by atoms with van der Waals surface area (Å²) in [5.74, 6) is -0.803. The standard InChI is InChI=1S/C21H31N3O4/c1-2-23(14-20(25)26)19-12-17(13-19)22-21(27)24(18-9-11-28-15-18)10-8-16-6-4-3-5-7-16/h3-7,17-19H,2,8-15H2,1H3,(H,22,27)(H,25,26). The van der Waals surface area contributed by atoms with Crippen LogP contribution >= 0.6 is 0 Å². The number of carbonyl (C=O) groups excluding carboxylic acids is 1. The number of carbonyl (C=O) groups is 2. The number of urea groups is 1. The molecule has 1 aromatic carbocycles. The first-order valence-corrected chi connectivity index (χ1v) is 10.2. The number of hydrogen-bond donors (Lipinski definition) is 2. The fraction of sp³-hybridized carbons (Fsp3) is 0.619. The Kier molecular flexibility index (Phi) is 7.28. The monoisotopic (exact) mass is 389 g/mol. The number of ether oxygens (including phenoxy) is 1. The van der Waals surface area contributed by atoms with E-state index in [1.54, 1.807) is 0 Å². The fourth-order valence-electron chi connectivity index (χ4n) is 4.05. The maximum absolute atomic E-state index is 12.9. The number of hydrogen-bond acceptors (Lipinski definition) is 4. The molecule has 7 heteroatoms. The van der Waals surface area contributed by atoms with E-state index in [1.165, 1.54) is 5.56 Å². The quantitative estimate of drug-likeness (QED) is 0.675. The summed E-state index contributed by atoms with van der Waals surface area (Å²) in [7, 11) is 0. The van der Waals surface area contributed by atoms with E-state index in [1.807, 2.05) is 34.9 Å². The molecule has 1 aromatic rings. The van der Waals surface area contributed by atoms with Crippen molar-refractivity contribution < 1.29 is 19.4 Å². The molecule has 2 aliphatic rings. The third-order valence-corrected chi connectivity index (χ3v) is 5.79. The summed E-state index contributed by atoms with van der Waals surface area (Å²) in [6, 6.07) is 10.6. The van der Waals surface area contributed by atoms with E-state index in [0.29, 0.717) is 26.3 Å². The van der Waals surface area contributed by atoms with E-state index in [-0.39, 0.29) is 30.7 Å². The number of aliphatic carboxylic acids is 1. The maximum atomic E-state index is 12.9. The zero-order valence-corrected chi connectivity index (χ0v) is 16.5. The van der Waals surface area contributed by atoms with Gasteiger partial charge in [0.2, 0.25) is 0 Å². The molecule has 2 amide bonds. The van der Waals surface area contributed by atoms with Crippen molar-refractivity contribution in [1.29, 1.82) is 0 Å². The Balaban J connectivity index is 1.51. The third kappa shape index (κ3) is 5.45. The molecule has 154 valence electrons. The van der Waals surface area contributed by atoms with Gasteiger partial charge in [0.15, 0.2) is 0 Å². The summed E-state index contributed by atoms with van der Waals surface area (Å²) in [6.07, 6.45) is 3.30. The predicted molar refractivity (Wildman–Crippen MR) is 106 cm³/mol. The molecule has 1 aliphatic carbocycles. The molecule has 0 spiro atoms. The predicted octanol–water partition coefficient (Wildman–Crippen LogP) is 1.97. The van der Waals surface area contributed by atoms with Crippen LogP contribution in [0.25, 0.3) is 0 Å². The van der Waals surface area contributed by atoms with Crippen molar-refractivity contribution in [2.45, 2.75) is 50.7 Å². The Morgan fingerprint density at radius 2 is 1.96 bits per heavy atom. The van der Waals surface area contributed by atoms with Gasteiger partial charge in [0.25, 0.3) is 0 Å². The molecule has 2 fully saturated rings. The molecule has 0 bridgehead atoms. The lowest BCUT2D eigenvalue weighted by atomic mass is 9.85. The van der Waals surface area contributed by atoms with Crippen molar-refractivity contribution in [2.24, 2.45) is 0 Å². The maximum Gasteiger partial charge on any atom is 0.317 e. The van der Waals surface area contributed by atoms with Crippen LogP contribution in [0.1, 0.15) is 31.7 Å². The third-order valence-electron chi connectivity index (χ3n) is 5.79. The van der Waals surface area contributed by atoms with E-state index >= 15 is 0 Å².